The number of aliphatic hydroxyl groups excluding tert-OH is 8. The molecule has 2 aromatic rings. The van der Waals surface area contributed by atoms with Crippen molar-refractivity contribution in [1.82, 2.24) is 20.3 Å². The molecule has 1 amide bonds. The molecular weight excluding hydrogens is 1040 g/mol. The zero-order chi connectivity index (χ0) is 55.5. The number of allylic oxidation sites excluding steroid dienone is 2. The number of amides is 1. The third-order valence-corrected chi connectivity index (χ3v) is 21.7. The molecule has 3 aliphatic heterocycles. The van der Waals surface area contributed by atoms with Crippen LogP contribution in [0.2, 0.25) is 10.0 Å². The van der Waals surface area contributed by atoms with Crippen molar-refractivity contribution in [2.45, 2.75) is 218 Å². The molecule has 10 rings (SSSR count). The lowest BCUT2D eigenvalue weighted by Crippen LogP contribution is -2.66. The van der Waals surface area contributed by atoms with E-state index in [0.29, 0.717) is 33.8 Å². The van der Waals surface area contributed by atoms with Crippen LogP contribution in [0.4, 0.5) is 0 Å². The highest BCUT2D eigenvalue weighted by Crippen LogP contribution is 2.76. The maximum absolute atomic E-state index is 14.9. The monoisotopic (exact) mass is 1120 g/mol. The molecule has 0 radical (unpaired) electrons. The number of benzene rings is 1. The van der Waals surface area contributed by atoms with Crippen LogP contribution in [0.25, 0.3) is 5.69 Å². The fourth-order valence-corrected chi connectivity index (χ4v) is 16.9. The second-order valence-corrected chi connectivity index (χ2v) is 26.9. The second kappa shape index (κ2) is 21.1. The van der Waals surface area contributed by atoms with Crippen LogP contribution in [0.1, 0.15) is 125 Å². The van der Waals surface area contributed by atoms with E-state index in [9.17, 15) is 45.6 Å². The highest BCUT2D eigenvalue weighted by atomic mass is 35.5. The van der Waals surface area contributed by atoms with Crippen LogP contribution in [0.3, 0.4) is 0 Å². The van der Waals surface area contributed by atoms with Crippen LogP contribution < -0.4 is 5.32 Å². The Bertz CT molecular complexity index is 2500. The smallest absolute Gasteiger partial charge is 0.227 e. The van der Waals surface area contributed by atoms with E-state index in [1.807, 2.05) is 0 Å². The number of nitrogens with one attached hydrogen (secondary N) is 1. The van der Waals surface area contributed by atoms with Gasteiger partial charge in [0.1, 0.15) is 72.4 Å². The van der Waals surface area contributed by atoms with Gasteiger partial charge in [0, 0.05) is 0 Å². The number of fused-ring (bicyclic) bond motifs is 7. The Kier molecular flexibility index (Phi) is 15.8. The van der Waals surface area contributed by atoms with Crippen molar-refractivity contribution in [3.63, 3.8) is 0 Å². The van der Waals surface area contributed by atoms with Gasteiger partial charge in [-0.05, 0) is 128 Å². The zero-order valence-corrected chi connectivity index (χ0v) is 47.0. The predicted octanol–water partition coefficient (Wildman–Crippen LogP) is 4.49. The van der Waals surface area contributed by atoms with Gasteiger partial charge in [-0.25, -0.2) is 4.68 Å². The van der Waals surface area contributed by atoms with Gasteiger partial charge in [0.2, 0.25) is 5.91 Å². The number of halogens is 2. The minimum Gasteiger partial charge on any atom is -0.394 e. The first kappa shape index (κ1) is 57.8. The van der Waals surface area contributed by atoms with Crippen molar-refractivity contribution in [3.05, 3.63) is 51.8 Å². The number of hydrogen-bond donors (Lipinski definition) is 9. The summed E-state index contributed by atoms with van der Waals surface area (Å²) in [5, 5.41) is 98.8. The summed E-state index contributed by atoms with van der Waals surface area (Å²) in [6.45, 7) is 17.4. The summed E-state index contributed by atoms with van der Waals surface area (Å²) in [5.74, 6) is 0.677. The van der Waals surface area contributed by atoms with E-state index in [2.05, 4.69) is 70.2 Å². The van der Waals surface area contributed by atoms with E-state index < -0.39 is 110 Å². The first-order valence-electron chi connectivity index (χ1n) is 27.8. The van der Waals surface area contributed by atoms with Crippen LogP contribution in [0, 0.1) is 50.2 Å². The number of hydrogen-bond acceptors (Lipinski definition) is 17. The largest absolute Gasteiger partial charge is 0.394 e. The molecule has 77 heavy (non-hydrogen) atoms. The normalized spacial score (nSPS) is 46.4. The van der Waals surface area contributed by atoms with E-state index in [1.165, 1.54) is 12.5 Å². The van der Waals surface area contributed by atoms with E-state index in [4.69, 9.17) is 51.6 Å². The van der Waals surface area contributed by atoms with Crippen LogP contribution in [0.5, 0.6) is 0 Å². The Morgan fingerprint density at radius 3 is 2.16 bits per heavy atom. The van der Waals surface area contributed by atoms with Crippen molar-refractivity contribution in [2.24, 2.45) is 50.2 Å². The summed E-state index contributed by atoms with van der Waals surface area (Å²) in [7, 11) is 0. The summed E-state index contributed by atoms with van der Waals surface area (Å²) >= 11 is 13.0. The minimum atomic E-state index is -1.76. The van der Waals surface area contributed by atoms with Gasteiger partial charge in [-0.3, -0.25) is 4.79 Å². The summed E-state index contributed by atoms with van der Waals surface area (Å²) in [5.41, 5.74) is 1.31. The van der Waals surface area contributed by atoms with Gasteiger partial charge in [0.25, 0.3) is 0 Å². The van der Waals surface area contributed by atoms with Gasteiger partial charge in [-0.2, -0.15) is 0 Å². The van der Waals surface area contributed by atoms with Gasteiger partial charge in [0.15, 0.2) is 18.9 Å². The molecule has 21 heteroatoms. The average molecular weight is 1120 g/mol. The Labute approximate surface area is 460 Å². The molecule has 5 aliphatic carbocycles. The standard InChI is InChI=1S/C56H82Cl2N4O15/c1-27-39(64)42(67)44(69)47(73-27)77-46-41(66)34(75-48-45(70)43(68)40(65)33(25-63)74-48)26-72-49(46)76-37-15-16-53(6)35(52(37,4)5)14-17-55(8)36(53)13-12-29-30-22-51(2,3)18-20-56(30,21-19-54(29,55)7)50(71)59-23-28-24-62(61-60-28)38-31(57)10-9-11-32(38)58/h9-12,24,27,30,33-37,39-49,63-70H,13-23,25-26H2,1-8H3,(H,59,71)/t27-,30-,33+,34-,35-,36+,37-,39-,40+,41-,42+,43-,44+,45+,46+,47-,48-,49-,53-,54+,55+,56-/m0/s1. The lowest BCUT2D eigenvalue weighted by atomic mass is 9.33. The molecule has 22 atom stereocenters. The van der Waals surface area contributed by atoms with Crippen LogP contribution in [0.15, 0.2) is 36.0 Å². The lowest BCUT2D eigenvalue weighted by Gasteiger charge is -2.71. The van der Waals surface area contributed by atoms with E-state index in [-0.39, 0.29) is 52.6 Å². The topological polar surface area (TPSA) is 277 Å². The van der Waals surface area contributed by atoms with Crippen LogP contribution in [-0.2, 0) is 39.8 Å². The Balaban J connectivity index is 0.874. The molecule has 19 nitrogen and oxygen atoms in total. The first-order valence-corrected chi connectivity index (χ1v) is 28.6. The van der Waals surface area contributed by atoms with Crippen molar-refractivity contribution < 1.29 is 74.1 Å². The molecule has 0 spiro atoms. The van der Waals surface area contributed by atoms with Crippen LogP contribution >= 0.6 is 23.2 Å². The molecule has 9 N–H and O–H groups in total. The Morgan fingerprint density at radius 1 is 0.779 bits per heavy atom. The Morgan fingerprint density at radius 2 is 1.45 bits per heavy atom. The lowest BCUT2D eigenvalue weighted by molar-refractivity contribution is -0.380. The number of carbonyl (C=O) groups is 1. The summed E-state index contributed by atoms with van der Waals surface area (Å²) in [6, 6.07) is 5.27. The third kappa shape index (κ3) is 9.66. The number of nitrogens with zero attached hydrogens (tertiary/aromatic N) is 3. The van der Waals surface area contributed by atoms with E-state index in [1.54, 1.807) is 29.1 Å². The quantitative estimate of drug-likeness (QED) is 0.111. The number of ether oxygens (including phenoxy) is 6. The van der Waals surface area contributed by atoms with Gasteiger partial charge < -0.3 is 74.6 Å². The highest BCUT2D eigenvalue weighted by Gasteiger charge is 2.70. The molecule has 8 aliphatic rings. The summed E-state index contributed by atoms with van der Waals surface area (Å²) < 4.78 is 38.6. The second-order valence-electron chi connectivity index (χ2n) is 26.1. The zero-order valence-electron chi connectivity index (χ0n) is 45.5. The van der Waals surface area contributed by atoms with Crippen molar-refractivity contribution in [1.29, 1.82) is 0 Å². The SMILES string of the molecule is C[C@@H]1O[C@@H](O[C@H]2[C@H](O[C@H]3CC[C@]4(C)[C@H]5CC=C6[C@@H]7CC(C)(C)CC[C@]7(C(=O)NCc7cn(-c8c(Cl)cccc8Cl)nn7)CC[C@@]6(C)[C@]5(C)CC[C@H]4C3(C)C)OC[C@H](O[C@@H]3O[C@H](CO)[C@@H](O)[C@H](O)[C@H]3O)[C@@H]2O)[C@H](O)[C@H](O)[C@H]1O. The van der Waals surface area contributed by atoms with Gasteiger partial charge in [0.05, 0.1) is 53.6 Å². The fourth-order valence-electron chi connectivity index (χ4n) is 16.3. The minimum absolute atomic E-state index is 0.0556. The molecular formula is C56H82Cl2N4O15. The van der Waals surface area contributed by atoms with E-state index in [0.717, 1.165) is 57.8 Å². The van der Waals surface area contributed by atoms with Crippen molar-refractivity contribution >= 4 is 29.1 Å². The Hall–Kier alpha value is -2.41. The number of carbonyl (C=O) groups excluding carboxylic acids is 1. The summed E-state index contributed by atoms with van der Waals surface area (Å²) in [4.78, 5) is 14.9. The van der Waals surface area contributed by atoms with Gasteiger partial charge in [-0.1, -0.05) is 94.6 Å². The van der Waals surface area contributed by atoms with Gasteiger partial charge in [-0.15, -0.1) is 5.10 Å². The molecule has 0 unspecified atom stereocenters. The number of aliphatic hydroxyl groups is 8. The number of aromatic nitrogens is 3. The number of rotatable bonds is 11. The molecule has 1 aromatic heterocycles. The molecule has 7 fully saturated rings. The first-order chi connectivity index (χ1) is 36.2. The van der Waals surface area contributed by atoms with Gasteiger partial charge >= 0.3 is 0 Å². The fraction of sp³-hybridized carbons (Fsp3) is 0.804. The molecule has 430 valence electrons. The highest BCUT2D eigenvalue weighted by molar-refractivity contribution is 6.37. The maximum atomic E-state index is 14.9. The van der Waals surface area contributed by atoms with Crippen molar-refractivity contribution in [2.75, 3.05) is 13.2 Å². The molecule has 0 bridgehead atoms. The molecule has 4 heterocycles. The number of para-hydroxylation sites is 1. The molecule has 3 saturated heterocycles. The molecule has 4 saturated carbocycles. The van der Waals surface area contributed by atoms with Crippen LogP contribution in [-0.4, -0.2) is 167 Å². The average Bonchev–Trinajstić information content (AvgIpc) is 3.87. The predicted molar refractivity (Wildman–Crippen MR) is 279 cm³/mol. The van der Waals surface area contributed by atoms with Crippen molar-refractivity contribution in [3.8, 4) is 5.69 Å². The van der Waals surface area contributed by atoms with E-state index >= 15 is 0 Å². The third-order valence-electron chi connectivity index (χ3n) is 21.1. The summed E-state index contributed by atoms with van der Waals surface area (Å²) in [6.07, 6.45) is -8.25. The maximum Gasteiger partial charge on any atom is 0.227 e. The molecule has 1 aromatic carbocycles.